The van der Waals surface area contributed by atoms with E-state index < -0.39 is 0 Å². The van der Waals surface area contributed by atoms with Crippen molar-refractivity contribution >= 4 is 23.5 Å². The van der Waals surface area contributed by atoms with Gasteiger partial charge in [0.2, 0.25) is 0 Å². The average Bonchev–Trinajstić information content (AvgIpc) is 2.64. The lowest BCUT2D eigenvalue weighted by Crippen LogP contribution is -2.27. The summed E-state index contributed by atoms with van der Waals surface area (Å²) < 4.78 is 5.40. The topological polar surface area (TPSA) is 49.9 Å². The number of ether oxygens (including phenoxy) is 1. The molecule has 0 aliphatic rings. The Kier molecular flexibility index (Phi) is 6.55. The molecule has 0 heterocycles. The van der Waals surface area contributed by atoms with Gasteiger partial charge >= 0.3 is 0 Å². The van der Waals surface area contributed by atoms with Gasteiger partial charge in [-0.05, 0) is 48.0 Å². The highest BCUT2D eigenvalue weighted by atomic mass is 16.5. The Morgan fingerprint density at radius 2 is 1.54 bits per heavy atom. The number of carbonyl (C=O) groups excluding carboxylic acids is 2. The quantitative estimate of drug-likeness (QED) is 0.567. The Bertz CT molecular complexity index is 776. The zero-order valence-corrected chi connectivity index (χ0v) is 15.6. The number of anilines is 1. The maximum atomic E-state index is 12.3. The first kappa shape index (κ1) is 19.2. The largest absolute Gasteiger partial charge is 0.484 e. The first-order valence-corrected chi connectivity index (χ1v) is 8.29. The number of amides is 1. The Morgan fingerprint density at radius 1 is 0.923 bits per heavy atom. The van der Waals surface area contributed by atoms with E-state index in [0.29, 0.717) is 11.3 Å². The molecule has 0 unspecified atom stereocenters. The number of carbonyl (C=O) groups is 2. The summed E-state index contributed by atoms with van der Waals surface area (Å²) in [4.78, 5) is 27.3. The first-order valence-electron chi connectivity index (χ1n) is 8.29. The highest BCUT2D eigenvalue weighted by molar-refractivity contribution is 6.06. The summed E-state index contributed by atoms with van der Waals surface area (Å²) in [6.45, 7) is -0.0247. The summed E-state index contributed by atoms with van der Waals surface area (Å²) in [7, 11) is 7.32. The molecule has 0 atom stereocenters. The molecule has 2 aromatic carbocycles. The maximum Gasteiger partial charge on any atom is 0.259 e. The van der Waals surface area contributed by atoms with E-state index in [9.17, 15) is 9.59 Å². The fraction of sp³-hybridized carbons (Fsp3) is 0.238. The van der Waals surface area contributed by atoms with Gasteiger partial charge in [-0.2, -0.15) is 0 Å². The predicted octanol–water partition coefficient (Wildman–Crippen LogP) is 3.12. The van der Waals surface area contributed by atoms with Crippen LogP contribution in [0.3, 0.4) is 0 Å². The summed E-state index contributed by atoms with van der Waals surface area (Å²) in [6, 6.07) is 14.7. The SMILES string of the molecule is CN(C)C(=O)COc1ccc(C(=O)/C=C/c2ccc(N(C)C)cc2)cc1. The van der Waals surface area contributed by atoms with Crippen molar-refractivity contribution in [1.82, 2.24) is 4.90 Å². The predicted molar refractivity (Wildman–Crippen MR) is 105 cm³/mol. The van der Waals surface area contributed by atoms with E-state index in [1.807, 2.05) is 43.3 Å². The van der Waals surface area contributed by atoms with Crippen LogP contribution in [0.5, 0.6) is 5.75 Å². The number of nitrogens with zero attached hydrogens (tertiary/aromatic N) is 2. The Balaban J connectivity index is 1.95. The van der Waals surface area contributed by atoms with E-state index >= 15 is 0 Å². The Labute approximate surface area is 154 Å². The van der Waals surface area contributed by atoms with Gasteiger partial charge in [-0.1, -0.05) is 18.2 Å². The molecule has 0 N–H and O–H groups in total. The van der Waals surface area contributed by atoms with E-state index in [4.69, 9.17) is 4.74 Å². The highest BCUT2D eigenvalue weighted by Crippen LogP contribution is 2.15. The van der Waals surface area contributed by atoms with Crippen molar-refractivity contribution in [1.29, 1.82) is 0 Å². The molecule has 1 amide bonds. The molecule has 0 aromatic heterocycles. The van der Waals surface area contributed by atoms with E-state index in [1.54, 1.807) is 50.5 Å². The lowest BCUT2D eigenvalue weighted by atomic mass is 10.1. The fourth-order valence-corrected chi connectivity index (χ4v) is 2.14. The molecule has 0 saturated heterocycles. The van der Waals surface area contributed by atoms with Crippen molar-refractivity contribution < 1.29 is 14.3 Å². The van der Waals surface area contributed by atoms with E-state index in [2.05, 4.69) is 0 Å². The summed E-state index contributed by atoms with van der Waals surface area (Å²) in [5.74, 6) is 0.353. The number of likely N-dealkylation sites (N-methyl/N-ethyl adjacent to an activating group) is 1. The monoisotopic (exact) mass is 352 g/mol. The van der Waals surface area contributed by atoms with Crippen LogP contribution in [0.2, 0.25) is 0 Å². The molecule has 2 rings (SSSR count). The second kappa shape index (κ2) is 8.85. The summed E-state index contributed by atoms with van der Waals surface area (Å²) in [5.41, 5.74) is 2.64. The van der Waals surface area contributed by atoms with Crippen molar-refractivity contribution in [3.63, 3.8) is 0 Å². The third-order valence-corrected chi connectivity index (χ3v) is 3.84. The molecule has 0 bridgehead atoms. The minimum Gasteiger partial charge on any atom is -0.484 e. The molecule has 2 aromatic rings. The minimum atomic E-state index is -0.117. The van der Waals surface area contributed by atoms with E-state index in [-0.39, 0.29) is 18.3 Å². The molecule has 0 radical (unpaired) electrons. The smallest absolute Gasteiger partial charge is 0.259 e. The molecule has 0 aliphatic heterocycles. The van der Waals surface area contributed by atoms with Crippen molar-refractivity contribution in [2.75, 3.05) is 39.7 Å². The van der Waals surface area contributed by atoms with E-state index in [1.165, 1.54) is 4.90 Å². The Morgan fingerprint density at radius 3 is 2.08 bits per heavy atom. The van der Waals surface area contributed by atoms with Crippen molar-refractivity contribution in [3.8, 4) is 5.75 Å². The molecular weight excluding hydrogens is 328 g/mol. The van der Waals surface area contributed by atoms with Gasteiger partial charge in [0, 0.05) is 39.4 Å². The van der Waals surface area contributed by atoms with Gasteiger partial charge in [0.1, 0.15) is 5.75 Å². The van der Waals surface area contributed by atoms with Crippen LogP contribution < -0.4 is 9.64 Å². The molecule has 0 aliphatic carbocycles. The third-order valence-electron chi connectivity index (χ3n) is 3.84. The lowest BCUT2D eigenvalue weighted by Gasteiger charge is -2.11. The van der Waals surface area contributed by atoms with Crippen LogP contribution in [0, 0.1) is 0 Å². The zero-order chi connectivity index (χ0) is 19.1. The second-order valence-corrected chi connectivity index (χ2v) is 6.28. The normalized spacial score (nSPS) is 10.6. The molecule has 0 spiro atoms. The molecule has 136 valence electrons. The van der Waals surface area contributed by atoms with E-state index in [0.717, 1.165) is 11.3 Å². The third kappa shape index (κ3) is 5.48. The number of hydrogen-bond donors (Lipinski definition) is 0. The van der Waals surface area contributed by atoms with Gasteiger partial charge in [0.25, 0.3) is 5.91 Å². The minimum absolute atomic E-state index is 0.0247. The maximum absolute atomic E-state index is 12.3. The van der Waals surface area contributed by atoms with Crippen LogP contribution in [-0.4, -0.2) is 51.4 Å². The van der Waals surface area contributed by atoms with Gasteiger partial charge in [-0.3, -0.25) is 9.59 Å². The van der Waals surface area contributed by atoms with Crippen LogP contribution in [-0.2, 0) is 4.79 Å². The summed E-state index contributed by atoms with van der Waals surface area (Å²) >= 11 is 0. The van der Waals surface area contributed by atoms with Crippen molar-refractivity contribution in [3.05, 3.63) is 65.7 Å². The number of hydrogen-bond acceptors (Lipinski definition) is 4. The fourth-order valence-electron chi connectivity index (χ4n) is 2.14. The van der Waals surface area contributed by atoms with Gasteiger partial charge in [0.05, 0.1) is 0 Å². The molecule has 0 fully saturated rings. The summed E-state index contributed by atoms with van der Waals surface area (Å²) in [5, 5.41) is 0. The number of ketones is 1. The molecular formula is C21H24N2O3. The number of benzene rings is 2. The first-order chi connectivity index (χ1) is 12.4. The van der Waals surface area contributed by atoms with Gasteiger partial charge in [-0.15, -0.1) is 0 Å². The second-order valence-electron chi connectivity index (χ2n) is 6.28. The van der Waals surface area contributed by atoms with Crippen LogP contribution >= 0.6 is 0 Å². The highest BCUT2D eigenvalue weighted by Gasteiger charge is 2.06. The van der Waals surface area contributed by atoms with Crippen LogP contribution in [0.25, 0.3) is 6.08 Å². The van der Waals surface area contributed by atoms with Crippen molar-refractivity contribution in [2.45, 2.75) is 0 Å². The van der Waals surface area contributed by atoms with Crippen molar-refractivity contribution in [2.24, 2.45) is 0 Å². The van der Waals surface area contributed by atoms with Gasteiger partial charge < -0.3 is 14.5 Å². The zero-order valence-electron chi connectivity index (χ0n) is 15.6. The Hall–Kier alpha value is -3.08. The van der Waals surface area contributed by atoms with Crippen LogP contribution in [0.15, 0.2) is 54.6 Å². The number of rotatable bonds is 7. The molecule has 0 saturated carbocycles. The number of allylic oxidation sites excluding steroid dienone is 1. The molecule has 5 heteroatoms. The van der Waals surface area contributed by atoms with Crippen LogP contribution in [0.4, 0.5) is 5.69 Å². The van der Waals surface area contributed by atoms with Crippen LogP contribution in [0.1, 0.15) is 15.9 Å². The summed E-state index contributed by atoms with van der Waals surface area (Å²) in [6.07, 6.45) is 3.35. The lowest BCUT2D eigenvalue weighted by molar-refractivity contribution is -0.130. The standard InChI is InChI=1S/C21H24N2O3/c1-22(2)18-10-5-16(6-11-18)7-14-20(24)17-8-12-19(13-9-17)26-15-21(25)23(3)4/h5-14H,15H2,1-4H3/b14-7+. The van der Waals surface area contributed by atoms with Gasteiger partial charge in [0.15, 0.2) is 12.4 Å². The van der Waals surface area contributed by atoms with Gasteiger partial charge in [-0.25, -0.2) is 0 Å². The average molecular weight is 352 g/mol. The molecule has 26 heavy (non-hydrogen) atoms. The molecule has 5 nitrogen and oxygen atoms in total.